The molecule has 3 nitrogen and oxygen atoms in total. The predicted molar refractivity (Wildman–Crippen MR) is 43.6 cm³/mol. The van der Waals surface area contributed by atoms with Crippen LogP contribution in [0.25, 0.3) is 6.08 Å². The highest BCUT2D eigenvalue weighted by molar-refractivity contribution is 7.09. The van der Waals surface area contributed by atoms with Gasteiger partial charge in [0, 0.05) is 11.5 Å². The van der Waals surface area contributed by atoms with Gasteiger partial charge >= 0.3 is 5.97 Å². The minimum atomic E-state index is -1.57. The Morgan fingerprint density at radius 2 is 2.50 bits per heavy atom. The summed E-state index contributed by atoms with van der Waals surface area (Å²) in [6.45, 7) is 1.76. The molecule has 12 heavy (non-hydrogen) atoms. The molecule has 0 aliphatic heterocycles. The standard InChI is InChI=1S/C7H6FNO2S/c1-4-9-5(3-12-4)2-6(8)7(10)11/h2-3H,1H3,(H,10,11)/b6-2+. The first-order chi connectivity index (χ1) is 5.59. The van der Waals surface area contributed by atoms with Gasteiger partial charge in [-0.1, -0.05) is 0 Å². The highest BCUT2D eigenvalue weighted by atomic mass is 32.1. The summed E-state index contributed by atoms with van der Waals surface area (Å²) in [6, 6.07) is 0. The average Bonchev–Trinajstić information content (AvgIpc) is 2.35. The van der Waals surface area contributed by atoms with E-state index in [1.807, 2.05) is 0 Å². The lowest BCUT2D eigenvalue weighted by Crippen LogP contribution is -1.93. The smallest absolute Gasteiger partial charge is 0.364 e. The van der Waals surface area contributed by atoms with Crippen LogP contribution in [-0.2, 0) is 4.79 Å². The maximum Gasteiger partial charge on any atom is 0.364 e. The van der Waals surface area contributed by atoms with Crippen molar-refractivity contribution in [3.8, 4) is 0 Å². The maximum atomic E-state index is 12.4. The van der Waals surface area contributed by atoms with Crippen LogP contribution in [-0.4, -0.2) is 16.1 Å². The van der Waals surface area contributed by atoms with Crippen LogP contribution in [0.15, 0.2) is 11.2 Å². The van der Waals surface area contributed by atoms with Crippen molar-refractivity contribution in [1.82, 2.24) is 4.98 Å². The molecule has 0 saturated heterocycles. The lowest BCUT2D eigenvalue weighted by atomic mass is 10.4. The molecule has 0 spiro atoms. The minimum absolute atomic E-state index is 0.345. The van der Waals surface area contributed by atoms with Gasteiger partial charge in [-0.15, -0.1) is 11.3 Å². The first-order valence-corrected chi connectivity index (χ1v) is 4.00. The molecule has 0 amide bonds. The first-order valence-electron chi connectivity index (χ1n) is 3.12. The van der Waals surface area contributed by atoms with Gasteiger partial charge in [0.1, 0.15) is 0 Å². The second-order valence-corrected chi connectivity index (χ2v) is 3.15. The molecule has 1 heterocycles. The van der Waals surface area contributed by atoms with Crippen LogP contribution in [0.1, 0.15) is 10.7 Å². The molecular weight excluding hydrogens is 181 g/mol. The number of halogens is 1. The Morgan fingerprint density at radius 3 is 2.92 bits per heavy atom. The summed E-state index contributed by atoms with van der Waals surface area (Å²) in [5.74, 6) is -2.76. The summed E-state index contributed by atoms with van der Waals surface area (Å²) in [6.07, 6.45) is 0.895. The van der Waals surface area contributed by atoms with Crippen LogP contribution in [0.5, 0.6) is 0 Å². The van der Waals surface area contributed by atoms with Gasteiger partial charge in [0.15, 0.2) is 0 Å². The average molecular weight is 187 g/mol. The zero-order valence-electron chi connectivity index (χ0n) is 6.24. The lowest BCUT2D eigenvalue weighted by Gasteiger charge is -1.85. The third kappa shape index (κ3) is 2.13. The Bertz CT molecular complexity index is 332. The normalized spacial score (nSPS) is 11.7. The Balaban J connectivity index is 2.87. The van der Waals surface area contributed by atoms with Crippen molar-refractivity contribution < 1.29 is 14.3 Å². The molecule has 0 radical (unpaired) electrons. The van der Waals surface area contributed by atoms with E-state index in [1.54, 1.807) is 12.3 Å². The zero-order chi connectivity index (χ0) is 9.14. The number of carboxylic acids is 1. The molecule has 0 saturated carbocycles. The fourth-order valence-electron chi connectivity index (χ4n) is 0.638. The van der Waals surface area contributed by atoms with Crippen LogP contribution in [0.2, 0.25) is 0 Å². The molecule has 0 aliphatic rings. The van der Waals surface area contributed by atoms with Gasteiger partial charge in [-0.05, 0) is 6.92 Å². The molecule has 1 aromatic rings. The number of nitrogens with zero attached hydrogens (tertiary/aromatic N) is 1. The highest BCUT2D eigenvalue weighted by Crippen LogP contribution is 2.12. The molecular formula is C7H6FNO2S. The highest BCUT2D eigenvalue weighted by Gasteiger charge is 2.05. The quantitative estimate of drug-likeness (QED) is 0.719. The van der Waals surface area contributed by atoms with Gasteiger partial charge in [-0.3, -0.25) is 0 Å². The first kappa shape index (κ1) is 8.86. The molecule has 0 atom stereocenters. The van der Waals surface area contributed by atoms with Crippen LogP contribution in [0.4, 0.5) is 4.39 Å². The Morgan fingerprint density at radius 1 is 1.83 bits per heavy atom. The maximum absolute atomic E-state index is 12.4. The molecule has 0 unspecified atom stereocenters. The number of thiazole rings is 1. The molecule has 0 aliphatic carbocycles. The van der Waals surface area contributed by atoms with Gasteiger partial charge in [-0.25, -0.2) is 9.78 Å². The van der Waals surface area contributed by atoms with E-state index in [2.05, 4.69) is 4.98 Å². The number of hydrogen-bond donors (Lipinski definition) is 1. The van der Waals surface area contributed by atoms with Crippen molar-refractivity contribution in [3.05, 3.63) is 21.9 Å². The minimum Gasteiger partial charge on any atom is -0.476 e. The lowest BCUT2D eigenvalue weighted by molar-refractivity contribution is -0.134. The van der Waals surface area contributed by atoms with Crippen LogP contribution in [0.3, 0.4) is 0 Å². The van der Waals surface area contributed by atoms with Crippen molar-refractivity contribution in [2.45, 2.75) is 6.92 Å². The molecule has 64 valence electrons. The molecule has 1 aromatic heterocycles. The summed E-state index contributed by atoms with van der Waals surface area (Å²) in [4.78, 5) is 13.9. The zero-order valence-corrected chi connectivity index (χ0v) is 7.06. The van der Waals surface area contributed by atoms with E-state index in [-0.39, 0.29) is 0 Å². The predicted octanol–water partition coefficient (Wildman–Crippen LogP) is 1.85. The Labute approximate surface area is 72.2 Å². The number of aliphatic carboxylic acids is 1. The van der Waals surface area contributed by atoms with Gasteiger partial charge in [0.2, 0.25) is 5.83 Å². The van der Waals surface area contributed by atoms with Crippen molar-refractivity contribution in [1.29, 1.82) is 0 Å². The van der Waals surface area contributed by atoms with E-state index in [1.165, 1.54) is 11.3 Å². The SMILES string of the molecule is Cc1nc(/C=C(/F)C(=O)O)cs1. The van der Waals surface area contributed by atoms with Gasteiger partial charge < -0.3 is 5.11 Å². The molecule has 1 N–H and O–H groups in total. The van der Waals surface area contributed by atoms with E-state index >= 15 is 0 Å². The summed E-state index contributed by atoms with van der Waals surface area (Å²) < 4.78 is 12.4. The third-order valence-electron chi connectivity index (χ3n) is 1.12. The summed E-state index contributed by atoms with van der Waals surface area (Å²) in [5.41, 5.74) is 0.345. The molecule has 0 aromatic carbocycles. The van der Waals surface area contributed by atoms with Crippen LogP contribution < -0.4 is 0 Å². The third-order valence-corrected chi connectivity index (χ3v) is 1.91. The largest absolute Gasteiger partial charge is 0.476 e. The van der Waals surface area contributed by atoms with Crippen molar-refractivity contribution >= 4 is 23.4 Å². The number of aryl methyl sites for hydroxylation is 1. The van der Waals surface area contributed by atoms with E-state index in [0.717, 1.165) is 11.1 Å². The van der Waals surface area contributed by atoms with Gasteiger partial charge in [0.25, 0.3) is 0 Å². The molecule has 0 bridgehead atoms. The summed E-state index contributed by atoms with van der Waals surface area (Å²) in [7, 11) is 0. The number of rotatable bonds is 2. The topological polar surface area (TPSA) is 50.2 Å². The monoisotopic (exact) mass is 187 g/mol. The second kappa shape index (κ2) is 3.44. The van der Waals surface area contributed by atoms with Crippen molar-refractivity contribution in [2.24, 2.45) is 0 Å². The number of hydrogen-bond acceptors (Lipinski definition) is 3. The Kier molecular flexibility index (Phi) is 2.54. The second-order valence-electron chi connectivity index (χ2n) is 2.09. The molecule has 5 heteroatoms. The fraction of sp³-hybridized carbons (Fsp3) is 0.143. The fourth-order valence-corrected chi connectivity index (χ4v) is 1.21. The summed E-state index contributed by atoms with van der Waals surface area (Å²) >= 11 is 1.34. The number of carbonyl (C=O) groups is 1. The van der Waals surface area contributed by atoms with Crippen molar-refractivity contribution in [3.63, 3.8) is 0 Å². The van der Waals surface area contributed by atoms with E-state index < -0.39 is 11.8 Å². The van der Waals surface area contributed by atoms with E-state index in [4.69, 9.17) is 5.11 Å². The summed E-state index contributed by atoms with van der Waals surface area (Å²) in [5, 5.41) is 10.6. The number of carboxylic acid groups (broad SMARTS) is 1. The van der Waals surface area contributed by atoms with Crippen molar-refractivity contribution in [2.75, 3.05) is 0 Å². The molecule has 1 rings (SSSR count). The molecule has 0 fully saturated rings. The van der Waals surface area contributed by atoms with E-state index in [0.29, 0.717) is 5.69 Å². The number of aromatic nitrogens is 1. The van der Waals surface area contributed by atoms with Gasteiger partial charge in [-0.2, -0.15) is 4.39 Å². The Hall–Kier alpha value is -1.23. The van der Waals surface area contributed by atoms with Gasteiger partial charge in [0.05, 0.1) is 10.7 Å². The van der Waals surface area contributed by atoms with Crippen LogP contribution in [0, 0.1) is 6.92 Å². The van der Waals surface area contributed by atoms with Crippen LogP contribution >= 0.6 is 11.3 Å². The van der Waals surface area contributed by atoms with E-state index in [9.17, 15) is 9.18 Å².